The highest BCUT2D eigenvalue weighted by molar-refractivity contribution is 7.91. The molecule has 1 rings (SSSR count). The maximum Gasteiger partial charge on any atom is 0.250 e. The molecule has 0 unspecified atom stereocenters. The third-order valence-corrected chi connectivity index (χ3v) is 5.45. The lowest BCUT2D eigenvalue weighted by Gasteiger charge is -2.05. The predicted octanol–water partition coefficient (Wildman–Crippen LogP) is 2.32. The number of hydrogen-bond acceptors (Lipinski definition) is 4. The molecule has 0 radical (unpaired) electrons. The van der Waals surface area contributed by atoms with Gasteiger partial charge in [0.05, 0.1) is 0 Å². The first kappa shape index (κ1) is 15.6. The third-order valence-electron chi connectivity index (χ3n) is 2.41. The molecule has 0 aliphatic carbocycles. The fourth-order valence-corrected chi connectivity index (χ4v) is 3.78. The minimum atomic E-state index is -3.31. The number of rotatable bonds is 8. The van der Waals surface area contributed by atoms with E-state index in [9.17, 15) is 8.42 Å². The van der Waals surface area contributed by atoms with Crippen molar-refractivity contribution in [1.82, 2.24) is 10.0 Å². The SMILES string of the molecule is CCCCNS(=O)(=O)c1ccc(CNC(C)C)s1. The second kappa shape index (κ2) is 7.23. The molecule has 6 heteroatoms. The second-order valence-corrected chi connectivity index (χ2v) is 7.67. The molecule has 0 saturated carbocycles. The summed E-state index contributed by atoms with van der Waals surface area (Å²) < 4.78 is 26.9. The molecule has 1 heterocycles. The van der Waals surface area contributed by atoms with Crippen molar-refractivity contribution < 1.29 is 8.42 Å². The van der Waals surface area contributed by atoms with Crippen molar-refractivity contribution in [1.29, 1.82) is 0 Å². The lowest BCUT2D eigenvalue weighted by Crippen LogP contribution is -2.23. The Kier molecular flexibility index (Phi) is 6.28. The number of unbranched alkanes of at least 4 members (excludes halogenated alkanes) is 1. The van der Waals surface area contributed by atoms with E-state index >= 15 is 0 Å². The fourth-order valence-electron chi connectivity index (χ4n) is 1.36. The van der Waals surface area contributed by atoms with E-state index in [-0.39, 0.29) is 0 Å². The smallest absolute Gasteiger partial charge is 0.250 e. The first-order valence-corrected chi connectivity index (χ1v) is 8.57. The van der Waals surface area contributed by atoms with E-state index in [1.165, 1.54) is 11.3 Å². The molecule has 0 aromatic carbocycles. The largest absolute Gasteiger partial charge is 0.310 e. The zero-order valence-corrected chi connectivity index (χ0v) is 12.8. The zero-order chi connectivity index (χ0) is 13.6. The van der Waals surface area contributed by atoms with E-state index in [0.29, 0.717) is 23.3 Å². The highest BCUT2D eigenvalue weighted by Gasteiger charge is 2.15. The molecule has 1 aromatic rings. The van der Waals surface area contributed by atoms with E-state index in [0.717, 1.165) is 17.7 Å². The summed E-state index contributed by atoms with van der Waals surface area (Å²) in [5.41, 5.74) is 0. The molecule has 1 aromatic heterocycles. The van der Waals surface area contributed by atoms with Crippen LogP contribution in [0.4, 0.5) is 0 Å². The van der Waals surface area contributed by atoms with E-state index < -0.39 is 10.0 Å². The van der Waals surface area contributed by atoms with Crippen LogP contribution < -0.4 is 10.0 Å². The van der Waals surface area contributed by atoms with Gasteiger partial charge in [0.2, 0.25) is 10.0 Å². The van der Waals surface area contributed by atoms with Gasteiger partial charge in [-0.05, 0) is 18.6 Å². The summed E-state index contributed by atoms with van der Waals surface area (Å²) in [4.78, 5) is 1.04. The Bertz CT molecular complexity index is 452. The van der Waals surface area contributed by atoms with E-state index in [1.807, 2.05) is 13.0 Å². The summed E-state index contributed by atoms with van der Waals surface area (Å²) in [6, 6.07) is 3.94. The molecule has 0 bridgehead atoms. The molecule has 4 nitrogen and oxygen atoms in total. The van der Waals surface area contributed by atoms with Crippen LogP contribution >= 0.6 is 11.3 Å². The Balaban J connectivity index is 2.60. The zero-order valence-electron chi connectivity index (χ0n) is 11.2. The molecule has 0 fully saturated rings. The maximum absolute atomic E-state index is 11.9. The third kappa shape index (κ3) is 5.06. The van der Waals surface area contributed by atoms with Gasteiger partial charge in [-0.2, -0.15) is 0 Å². The Morgan fingerprint density at radius 3 is 2.67 bits per heavy atom. The van der Waals surface area contributed by atoms with Gasteiger partial charge in [-0.1, -0.05) is 27.2 Å². The topological polar surface area (TPSA) is 58.2 Å². The molecule has 18 heavy (non-hydrogen) atoms. The quantitative estimate of drug-likeness (QED) is 0.722. The van der Waals surface area contributed by atoms with Crippen LogP contribution in [0.5, 0.6) is 0 Å². The molecule has 0 spiro atoms. The van der Waals surface area contributed by atoms with Crippen LogP contribution in [-0.2, 0) is 16.6 Å². The highest BCUT2D eigenvalue weighted by Crippen LogP contribution is 2.21. The Morgan fingerprint density at radius 1 is 1.33 bits per heavy atom. The molecular weight excluding hydrogens is 268 g/mol. The summed E-state index contributed by atoms with van der Waals surface area (Å²) in [7, 11) is -3.31. The highest BCUT2D eigenvalue weighted by atomic mass is 32.2. The number of thiophene rings is 1. The summed E-state index contributed by atoms with van der Waals surface area (Å²) >= 11 is 1.33. The van der Waals surface area contributed by atoms with Gasteiger partial charge in [-0.3, -0.25) is 0 Å². The summed E-state index contributed by atoms with van der Waals surface area (Å²) in [5, 5.41) is 3.27. The van der Waals surface area contributed by atoms with E-state index in [2.05, 4.69) is 23.9 Å². The number of sulfonamides is 1. The molecule has 0 aliphatic rings. The van der Waals surface area contributed by atoms with Crippen molar-refractivity contribution in [3.63, 3.8) is 0 Å². The van der Waals surface area contributed by atoms with Crippen molar-refractivity contribution in [3.05, 3.63) is 17.0 Å². The van der Waals surface area contributed by atoms with Crippen LogP contribution in [-0.4, -0.2) is 21.0 Å². The van der Waals surface area contributed by atoms with Crippen molar-refractivity contribution in [3.8, 4) is 0 Å². The lowest BCUT2D eigenvalue weighted by molar-refractivity contribution is 0.580. The number of hydrogen-bond donors (Lipinski definition) is 2. The van der Waals surface area contributed by atoms with Crippen LogP contribution in [0.15, 0.2) is 16.3 Å². The van der Waals surface area contributed by atoms with Crippen molar-refractivity contribution in [2.45, 2.75) is 50.4 Å². The normalized spacial score (nSPS) is 12.2. The van der Waals surface area contributed by atoms with Gasteiger partial charge >= 0.3 is 0 Å². The number of nitrogens with one attached hydrogen (secondary N) is 2. The van der Waals surface area contributed by atoms with E-state index in [1.54, 1.807) is 6.07 Å². The Labute approximate surface area is 114 Å². The minimum Gasteiger partial charge on any atom is -0.310 e. The molecule has 0 aliphatic heterocycles. The van der Waals surface area contributed by atoms with Gasteiger partial charge in [0.15, 0.2) is 0 Å². The molecule has 2 N–H and O–H groups in total. The molecular formula is C12H22N2O2S2. The van der Waals surface area contributed by atoms with Crippen LogP contribution in [0.2, 0.25) is 0 Å². The standard InChI is InChI=1S/C12H22N2O2S2/c1-4-5-8-14-18(15,16)12-7-6-11(17-12)9-13-10(2)3/h6-7,10,13-14H,4-5,8-9H2,1-3H3. The lowest BCUT2D eigenvalue weighted by atomic mass is 10.3. The Hall–Kier alpha value is -0.430. The van der Waals surface area contributed by atoms with Crippen LogP contribution in [0, 0.1) is 0 Å². The van der Waals surface area contributed by atoms with Crippen molar-refractivity contribution >= 4 is 21.4 Å². The van der Waals surface area contributed by atoms with Crippen LogP contribution in [0.3, 0.4) is 0 Å². The van der Waals surface area contributed by atoms with Gasteiger partial charge in [0.1, 0.15) is 4.21 Å². The summed E-state index contributed by atoms with van der Waals surface area (Å²) in [6.45, 7) is 7.40. The van der Waals surface area contributed by atoms with Gasteiger partial charge in [-0.25, -0.2) is 13.1 Å². The summed E-state index contributed by atoms with van der Waals surface area (Å²) in [6.07, 6.45) is 1.85. The van der Waals surface area contributed by atoms with Gasteiger partial charge < -0.3 is 5.32 Å². The fraction of sp³-hybridized carbons (Fsp3) is 0.667. The minimum absolute atomic E-state index is 0.398. The first-order valence-electron chi connectivity index (χ1n) is 6.27. The van der Waals surface area contributed by atoms with Crippen molar-refractivity contribution in [2.24, 2.45) is 0 Å². The monoisotopic (exact) mass is 290 g/mol. The van der Waals surface area contributed by atoms with Gasteiger partial charge in [0.25, 0.3) is 0 Å². The molecule has 0 amide bonds. The maximum atomic E-state index is 11.9. The van der Waals surface area contributed by atoms with Crippen molar-refractivity contribution in [2.75, 3.05) is 6.54 Å². The van der Waals surface area contributed by atoms with Crippen LogP contribution in [0.25, 0.3) is 0 Å². The van der Waals surface area contributed by atoms with E-state index in [4.69, 9.17) is 0 Å². The predicted molar refractivity (Wildman–Crippen MR) is 76.4 cm³/mol. The van der Waals surface area contributed by atoms with Gasteiger partial charge in [0, 0.05) is 24.0 Å². The Morgan fingerprint density at radius 2 is 2.06 bits per heavy atom. The van der Waals surface area contributed by atoms with Gasteiger partial charge in [-0.15, -0.1) is 11.3 Å². The molecule has 104 valence electrons. The molecule has 0 saturated heterocycles. The average molecular weight is 290 g/mol. The first-order chi connectivity index (χ1) is 8.45. The average Bonchev–Trinajstić information content (AvgIpc) is 2.76. The van der Waals surface area contributed by atoms with Crippen LogP contribution in [0.1, 0.15) is 38.5 Å². The summed E-state index contributed by atoms with van der Waals surface area (Å²) in [5.74, 6) is 0. The second-order valence-electron chi connectivity index (χ2n) is 4.51. The molecule has 0 atom stereocenters.